The molecule has 0 fully saturated rings. The van der Waals surface area contributed by atoms with Crippen LogP contribution in [0.2, 0.25) is 0 Å². The fraction of sp³-hybridized carbons (Fsp3) is 0.290. The Labute approximate surface area is 220 Å². The molecule has 1 aliphatic heterocycles. The average Bonchev–Trinajstić information content (AvgIpc) is 3.38. The SMILES string of the molecule is CCCCc1ccc(N2NC(C=Cc3ccc(OC)cc3OC)=CC2c2ccc(OC)cc2OC)cc1. The molecule has 6 nitrogen and oxygen atoms in total. The van der Waals surface area contributed by atoms with Crippen LogP contribution in [0.5, 0.6) is 23.0 Å². The third-order valence-corrected chi connectivity index (χ3v) is 6.54. The second-order valence-electron chi connectivity index (χ2n) is 8.87. The van der Waals surface area contributed by atoms with E-state index in [1.165, 1.54) is 18.4 Å². The predicted octanol–water partition coefficient (Wildman–Crippen LogP) is 6.73. The Hall–Kier alpha value is -4.06. The van der Waals surface area contributed by atoms with Gasteiger partial charge >= 0.3 is 0 Å². The maximum absolute atomic E-state index is 5.75. The molecule has 0 spiro atoms. The van der Waals surface area contributed by atoms with Crippen LogP contribution in [-0.2, 0) is 6.42 Å². The lowest BCUT2D eigenvalue weighted by Gasteiger charge is -2.28. The van der Waals surface area contributed by atoms with Crippen LogP contribution in [-0.4, -0.2) is 28.4 Å². The molecule has 0 amide bonds. The topological polar surface area (TPSA) is 52.2 Å². The summed E-state index contributed by atoms with van der Waals surface area (Å²) in [5.41, 5.74) is 8.98. The van der Waals surface area contributed by atoms with Crippen LogP contribution in [0.1, 0.15) is 42.5 Å². The smallest absolute Gasteiger partial charge is 0.129 e. The first kappa shape index (κ1) is 26.0. The fourth-order valence-electron chi connectivity index (χ4n) is 4.44. The zero-order valence-electron chi connectivity index (χ0n) is 22.3. The van der Waals surface area contributed by atoms with E-state index in [4.69, 9.17) is 18.9 Å². The van der Waals surface area contributed by atoms with E-state index in [1.54, 1.807) is 28.4 Å². The van der Waals surface area contributed by atoms with Crippen molar-refractivity contribution in [2.75, 3.05) is 33.4 Å². The summed E-state index contributed by atoms with van der Waals surface area (Å²) in [5, 5.41) is 2.17. The number of rotatable bonds is 11. The van der Waals surface area contributed by atoms with E-state index in [1.807, 2.05) is 36.4 Å². The first-order valence-electron chi connectivity index (χ1n) is 12.6. The Morgan fingerprint density at radius 2 is 1.46 bits per heavy atom. The van der Waals surface area contributed by atoms with Crippen molar-refractivity contribution in [3.8, 4) is 23.0 Å². The van der Waals surface area contributed by atoms with Crippen LogP contribution in [0.4, 0.5) is 5.69 Å². The summed E-state index contributed by atoms with van der Waals surface area (Å²) in [7, 11) is 6.66. The molecule has 1 atom stereocenters. The second kappa shape index (κ2) is 12.3. The van der Waals surface area contributed by atoms with E-state index >= 15 is 0 Å². The number of allylic oxidation sites excluding steroid dienone is 1. The minimum atomic E-state index is -0.0836. The largest absolute Gasteiger partial charge is 0.497 e. The van der Waals surface area contributed by atoms with Gasteiger partial charge in [-0.15, -0.1) is 0 Å². The van der Waals surface area contributed by atoms with E-state index in [0.29, 0.717) is 0 Å². The number of benzene rings is 3. The van der Waals surface area contributed by atoms with Gasteiger partial charge in [-0.05, 0) is 73.0 Å². The van der Waals surface area contributed by atoms with E-state index in [-0.39, 0.29) is 6.04 Å². The lowest BCUT2D eigenvalue weighted by atomic mass is 10.0. The highest BCUT2D eigenvalue weighted by Crippen LogP contribution is 2.39. The van der Waals surface area contributed by atoms with Gasteiger partial charge in [0.05, 0.1) is 45.9 Å². The maximum atomic E-state index is 5.75. The molecule has 0 saturated heterocycles. The number of aryl methyl sites for hydroxylation is 1. The highest BCUT2D eigenvalue weighted by atomic mass is 16.5. The molecule has 1 heterocycles. The van der Waals surface area contributed by atoms with Crippen molar-refractivity contribution in [2.24, 2.45) is 0 Å². The van der Waals surface area contributed by atoms with Gasteiger partial charge in [-0.1, -0.05) is 25.5 Å². The predicted molar refractivity (Wildman–Crippen MR) is 150 cm³/mol. The fourth-order valence-corrected chi connectivity index (χ4v) is 4.44. The zero-order valence-corrected chi connectivity index (χ0v) is 22.3. The minimum Gasteiger partial charge on any atom is -0.497 e. The molecule has 0 saturated carbocycles. The van der Waals surface area contributed by atoms with Crippen molar-refractivity contribution < 1.29 is 18.9 Å². The number of ether oxygens (including phenoxy) is 4. The number of hydrogen-bond donors (Lipinski definition) is 1. The molecule has 6 heteroatoms. The van der Waals surface area contributed by atoms with Gasteiger partial charge in [0.15, 0.2) is 0 Å². The number of hydrazine groups is 1. The molecule has 0 aromatic heterocycles. The van der Waals surface area contributed by atoms with Crippen LogP contribution < -0.4 is 29.4 Å². The van der Waals surface area contributed by atoms with E-state index in [2.05, 4.69) is 59.8 Å². The molecule has 1 N–H and O–H groups in total. The molecule has 1 aliphatic rings. The van der Waals surface area contributed by atoms with Crippen molar-refractivity contribution in [2.45, 2.75) is 32.2 Å². The monoisotopic (exact) mass is 500 g/mol. The van der Waals surface area contributed by atoms with Gasteiger partial charge < -0.3 is 18.9 Å². The van der Waals surface area contributed by atoms with Crippen LogP contribution in [0.25, 0.3) is 6.08 Å². The number of hydrogen-bond acceptors (Lipinski definition) is 6. The lowest BCUT2D eigenvalue weighted by molar-refractivity contribution is 0.389. The van der Waals surface area contributed by atoms with Crippen LogP contribution in [0.3, 0.4) is 0 Å². The highest BCUT2D eigenvalue weighted by Gasteiger charge is 2.28. The Morgan fingerprint density at radius 3 is 2.11 bits per heavy atom. The van der Waals surface area contributed by atoms with Gasteiger partial charge in [-0.25, -0.2) is 0 Å². The normalized spacial score (nSPS) is 14.9. The van der Waals surface area contributed by atoms with E-state index in [9.17, 15) is 0 Å². The maximum Gasteiger partial charge on any atom is 0.129 e. The molecule has 37 heavy (non-hydrogen) atoms. The molecule has 0 aliphatic carbocycles. The number of nitrogens with zero attached hydrogens (tertiary/aromatic N) is 1. The van der Waals surface area contributed by atoms with Crippen molar-refractivity contribution in [3.63, 3.8) is 0 Å². The van der Waals surface area contributed by atoms with Crippen LogP contribution >= 0.6 is 0 Å². The molecular formula is C31H36N2O4. The molecule has 0 radical (unpaired) electrons. The number of methoxy groups -OCH3 is 4. The van der Waals surface area contributed by atoms with Gasteiger partial charge in [0.2, 0.25) is 0 Å². The molecule has 4 rings (SSSR count). The van der Waals surface area contributed by atoms with Gasteiger partial charge in [0.1, 0.15) is 23.0 Å². The summed E-state index contributed by atoms with van der Waals surface area (Å²) in [6, 6.07) is 20.4. The van der Waals surface area contributed by atoms with Crippen LogP contribution in [0, 0.1) is 0 Å². The molecule has 3 aromatic carbocycles. The Bertz CT molecular complexity index is 1250. The first-order chi connectivity index (χ1) is 18.1. The van der Waals surface area contributed by atoms with Gasteiger partial charge in [0.25, 0.3) is 0 Å². The standard InChI is InChI=1S/C31H36N2O4/c1-6-7-8-22-9-14-25(15-10-22)33-29(28-18-17-27(35-3)21-31(28)37-5)19-24(32-33)13-11-23-12-16-26(34-2)20-30(23)36-4/h9-21,29,32H,6-8H2,1-5H3. The summed E-state index contributed by atoms with van der Waals surface area (Å²) in [4.78, 5) is 0. The summed E-state index contributed by atoms with van der Waals surface area (Å²) in [5.74, 6) is 3.04. The summed E-state index contributed by atoms with van der Waals surface area (Å²) in [6.07, 6.45) is 9.77. The number of anilines is 1. The van der Waals surface area contributed by atoms with Crippen molar-refractivity contribution in [3.05, 3.63) is 95.2 Å². The Morgan fingerprint density at radius 1 is 0.784 bits per heavy atom. The Kier molecular flexibility index (Phi) is 8.62. The molecule has 0 bridgehead atoms. The zero-order chi connectivity index (χ0) is 26.2. The molecule has 3 aromatic rings. The molecular weight excluding hydrogens is 464 g/mol. The summed E-state index contributed by atoms with van der Waals surface area (Å²) in [6.45, 7) is 2.22. The molecule has 1 unspecified atom stereocenters. The number of nitrogens with one attached hydrogen (secondary N) is 1. The third kappa shape index (κ3) is 6.02. The minimum absolute atomic E-state index is 0.0836. The van der Waals surface area contributed by atoms with Gasteiger partial charge in [0, 0.05) is 23.3 Å². The lowest BCUT2D eigenvalue weighted by Crippen LogP contribution is -2.34. The van der Waals surface area contributed by atoms with Crippen molar-refractivity contribution in [1.29, 1.82) is 0 Å². The second-order valence-corrected chi connectivity index (χ2v) is 8.87. The highest BCUT2D eigenvalue weighted by molar-refractivity contribution is 5.63. The van der Waals surface area contributed by atoms with Gasteiger partial charge in [-0.2, -0.15) is 0 Å². The van der Waals surface area contributed by atoms with Crippen LogP contribution in [0.15, 0.2) is 78.5 Å². The summed E-state index contributed by atoms with van der Waals surface area (Å²) < 4.78 is 22.1. The van der Waals surface area contributed by atoms with E-state index in [0.717, 1.165) is 51.9 Å². The third-order valence-electron chi connectivity index (χ3n) is 6.54. The van der Waals surface area contributed by atoms with Gasteiger partial charge in [-0.3, -0.25) is 10.4 Å². The summed E-state index contributed by atoms with van der Waals surface area (Å²) >= 11 is 0. The molecule has 194 valence electrons. The quantitative estimate of drug-likeness (QED) is 0.315. The average molecular weight is 501 g/mol. The first-order valence-corrected chi connectivity index (χ1v) is 12.6. The number of unbranched alkanes of at least 4 members (excludes halogenated alkanes) is 1. The van der Waals surface area contributed by atoms with E-state index < -0.39 is 0 Å². The van der Waals surface area contributed by atoms with Crippen molar-refractivity contribution in [1.82, 2.24) is 5.43 Å². The van der Waals surface area contributed by atoms with Crippen molar-refractivity contribution >= 4 is 11.8 Å². The Balaban J connectivity index is 1.68.